The van der Waals surface area contributed by atoms with Crippen molar-refractivity contribution in [2.75, 3.05) is 19.8 Å². The van der Waals surface area contributed by atoms with Crippen molar-refractivity contribution >= 4 is 15.9 Å². The molecule has 0 saturated heterocycles. The maximum Gasteiger partial charge on any atom is 0.0697 e. The van der Waals surface area contributed by atoms with Crippen molar-refractivity contribution in [3.63, 3.8) is 0 Å². The average molecular weight is 245 g/mol. The summed E-state index contributed by atoms with van der Waals surface area (Å²) in [6, 6.07) is 8.15. The van der Waals surface area contributed by atoms with E-state index in [1.165, 1.54) is 5.56 Å². The second kappa shape index (κ2) is 6.13. The molecular weight excluding hydrogens is 232 g/mol. The van der Waals surface area contributed by atoms with Gasteiger partial charge in [-0.15, -0.1) is 0 Å². The Morgan fingerprint density at radius 1 is 1.15 bits per heavy atom. The molecule has 0 heterocycles. The zero-order chi connectivity index (χ0) is 9.52. The number of rotatable bonds is 5. The van der Waals surface area contributed by atoms with Gasteiger partial charge in [-0.3, -0.25) is 0 Å². The Labute approximate surface area is 86.7 Å². The van der Waals surface area contributed by atoms with Gasteiger partial charge in [0.2, 0.25) is 0 Å². The number of hydrogen-bond acceptors (Lipinski definition) is 2. The van der Waals surface area contributed by atoms with Gasteiger partial charge in [0.05, 0.1) is 19.8 Å². The van der Waals surface area contributed by atoms with E-state index in [2.05, 4.69) is 28.1 Å². The lowest BCUT2D eigenvalue weighted by Crippen LogP contribution is -2.02. The molecule has 0 radical (unpaired) electrons. The Morgan fingerprint density at radius 3 is 2.46 bits per heavy atom. The van der Waals surface area contributed by atoms with Crippen LogP contribution in [0.2, 0.25) is 0 Å². The Bertz CT molecular complexity index is 233. The van der Waals surface area contributed by atoms with Crippen molar-refractivity contribution in [1.82, 2.24) is 0 Å². The van der Waals surface area contributed by atoms with Crippen LogP contribution in [-0.2, 0) is 11.2 Å². The Morgan fingerprint density at radius 2 is 1.85 bits per heavy atom. The molecule has 2 nitrogen and oxygen atoms in total. The van der Waals surface area contributed by atoms with Gasteiger partial charge >= 0.3 is 0 Å². The van der Waals surface area contributed by atoms with E-state index in [1.54, 1.807) is 0 Å². The van der Waals surface area contributed by atoms with Crippen LogP contribution in [0.25, 0.3) is 0 Å². The van der Waals surface area contributed by atoms with Crippen LogP contribution in [0.15, 0.2) is 28.7 Å². The van der Waals surface area contributed by atoms with Crippen LogP contribution in [0, 0.1) is 0 Å². The minimum atomic E-state index is 0.0976. The number of aliphatic hydroxyl groups excluding tert-OH is 1. The second-order valence-corrected chi connectivity index (χ2v) is 3.63. The number of hydrogen-bond donors (Lipinski definition) is 1. The van der Waals surface area contributed by atoms with Crippen LogP contribution in [0.5, 0.6) is 0 Å². The van der Waals surface area contributed by atoms with Gasteiger partial charge in [0.25, 0.3) is 0 Å². The van der Waals surface area contributed by atoms with Crippen LogP contribution in [0.3, 0.4) is 0 Å². The van der Waals surface area contributed by atoms with Crippen molar-refractivity contribution in [1.29, 1.82) is 0 Å². The van der Waals surface area contributed by atoms with Crippen LogP contribution in [-0.4, -0.2) is 24.9 Å². The van der Waals surface area contributed by atoms with Crippen molar-refractivity contribution < 1.29 is 9.84 Å². The Hall–Kier alpha value is -0.380. The van der Waals surface area contributed by atoms with Crippen molar-refractivity contribution in [3.05, 3.63) is 34.3 Å². The summed E-state index contributed by atoms with van der Waals surface area (Å²) < 4.78 is 6.25. The highest BCUT2D eigenvalue weighted by atomic mass is 79.9. The molecule has 1 aromatic carbocycles. The van der Waals surface area contributed by atoms with E-state index in [-0.39, 0.29) is 6.61 Å². The van der Waals surface area contributed by atoms with Crippen LogP contribution in [0.4, 0.5) is 0 Å². The molecule has 0 aliphatic carbocycles. The molecule has 1 rings (SSSR count). The first-order valence-electron chi connectivity index (χ1n) is 4.26. The lowest BCUT2D eigenvalue weighted by atomic mass is 10.2. The topological polar surface area (TPSA) is 29.5 Å². The SMILES string of the molecule is OCCOCCc1ccc(Br)cc1. The fourth-order valence-corrected chi connectivity index (χ4v) is 1.27. The maximum atomic E-state index is 8.47. The van der Waals surface area contributed by atoms with E-state index < -0.39 is 0 Å². The second-order valence-electron chi connectivity index (χ2n) is 2.71. The van der Waals surface area contributed by atoms with E-state index in [0.717, 1.165) is 10.9 Å². The molecule has 0 aromatic heterocycles. The summed E-state index contributed by atoms with van der Waals surface area (Å²) in [5, 5.41) is 8.47. The highest BCUT2D eigenvalue weighted by Crippen LogP contribution is 2.10. The van der Waals surface area contributed by atoms with Crippen molar-refractivity contribution in [2.45, 2.75) is 6.42 Å². The third kappa shape index (κ3) is 4.41. The molecule has 1 N–H and O–H groups in total. The lowest BCUT2D eigenvalue weighted by molar-refractivity contribution is 0.0944. The predicted molar refractivity (Wildman–Crippen MR) is 55.8 cm³/mol. The van der Waals surface area contributed by atoms with Gasteiger partial charge in [-0.2, -0.15) is 0 Å². The average Bonchev–Trinajstić information content (AvgIpc) is 2.15. The van der Waals surface area contributed by atoms with E-state index in [4.69, 9.17) is 9.84 Å². The van der Waals surface area contributed by atoms with Gasteiger partial charge in [0, 0.05) is 4.47 Å². The van der Waals surface area contributed by atoms with Crippen LogP contribution < -0.4 is 0 Å². The molecule has 0 aliphatic rings. The molecule has 0 spiro atoms. The van der Waals surface area contributed by atoms with Crippen molar-refractivity contribution in [3.8, 4) is 0 Å². The first kappa shape index (κ1) is 10.7. The first-order chi connectivity index (χ1) is 6.33. The fraction of sp³-hybridized carbons (Fsp3) is 0.400. The Kier molecular flexibility index (Phi) is 5.05. The van der Waals surface area contributed by atoms with Gasteiger partial charge < -0.3 is 9.84 Å². The summed E-state index contributed by atoms with van der Waals surface area (Å²) in [6.45, 7) is 1.19. The minimum absolute atomic E-state index is 0.0976. The summed E-state index contributed by atoms with van der Waals surface area (Å²) in [6.07, 6.45) is 0.896. The summed E-state index contributed by atoms with van der Waals surface area (Å²) in [4.78, 5) is 0. The van der Waals surface area contributed by atoms with Crippen LogP contribution in [0.1, 0.15) is 5.56 Å². The highest BCUT2D eigenvalue weighted by molar-refractivity contribution is 9.10. The smallest absolute Gasteiger partial charge is 0.0697 e. The molecule has 0 aliphatic heterocycles. The molecular formula is C10H13BrO2. The molecule has 0 fully saturated rings. The van der Waals surface area contributed by atoms with Crippen molar-refractivity contribution in [2.24, 2.45) is 0 Å². The summed E-state index contributed by atoms with van der Waals surface area (Å²) in [7, 11) is 0. The largest absolute Gasteiger partial charge is 0.394 e. The normalized spacial score (nSPS) is 10.3. The van der Waals surface area contributed by atoms with E-state index in [9.17, 15) is 0 Å². The summed E-state index contributed by atoms with van der Waals surface area (Å²) in [5.74, 6) is 0. The number of aliphatic hydroxyl groups is 1. The van der Waals surface area contributed by atoms with Gasteiger partial charge in [-0.1, -0.05) is 28.1 Å². The number of halogens is 1. The molecule has 0 bridgehead atoms. The lowest BCUT2D eigenvalue weighted by Gasteiger charge is -2.02. The maximum absolute atomic E-state index is 8.47. The van der Waals surface area contributed by atoms with Gasteiger partial charge in [0.15, 0.2) is 0 Å². The summed E-state index contributed by atoms with van der Waals surface area (Å²) in [5.41, 5.74) is 1.25. The Balaban J connectivity index is 2.25. The molecule has 3 heteroatoms. The van der Waals surface area contributed by atoms with Gasteiger partial charge in [-0.25, -0.2) is 0 Å². The highest BCUT2D eigenvalue weighted by Gasteiger charge is 1.92. The number of benzene rings is 1. The molecule has 13 heavy (non-hydrogen) atoms. The first-order valence-corrected chi connectivity index (χ1v) is 5.05. The van der Waals surface area contributed by atoms with E-state index >= 15 is 0 Å². The minimum Gasteiger partial charge on any atom is -0.394 e. The van der Waals surface area contributed by atoms with Crippen LogP contribution >= 0.6 is 15.9 Å². The van der Waals surface area contributed by atoms with Gasteiger partial charge in [0.1, 0.15) is 0 Å². The fourth-order valence-electron chi connectivity index (χ4n) is 1.01. The quantitative estimate of drug-likeness (QED) is 0.804. The zero-order valence-corrected chi connectivity index (χ0v) is 8.96. The monoisotopic (exact) mass is 244 g/mol. The molecule has 0 saturated carbocycles. The zero-order valence-electron chi connectivity index (χ0n) is 7.37. The summed E-state index contributed by atoms with van der Waals surface area (Å²) >= 11 is 3.37. The van der Waals surface area contributed by atoms with Gasteiger partial charge in [-0.05, 0) is 24.1 Å². The third-order valence-corrected chi connectivity index (χ3v) is 2.21. The third-order valence-electron chi connectivity index (χ3n) is 1.68. The van der Waals surface area contributed by atoms with E-state index in [1.807, 2.05) is 12.1 Å². The molecule has 0 amide bonds. The molecule has 1 aromatic rings. The number of ether oxygens (including phenoxy) is 1. The molecule has 0 atom stereocenters. The van der Waals surface area contributed by atoms with E-state index in [0.29, 0.717) is 13.2 Å². The molecule has 72 valence electrons. The predicted octanol–water partition coefficient (Wildman–Crippen LogP) is 2.00. The standard InChI is InChI=1S/C10H13BrO2/c11-10-3-1-9(2-4-10)5-7-13-8-6-12/h1-4,12H,5-8H2. The molecule has 0 unspecified atom stereocenters.